The second-order valence-corrected chi connectivity index (χ2v) is 6.56. The van der Waals surface area contributed by atoms with Crippen LogP contribution in [0.5, 0.6) is 11.5 Å². The van der Waals surface area contributed by atoms with Crippen LogP contribution in [0.2, 0.25) is 0 Å². The molecule has 0 aliphatic rings. The van der Waals surface area contributed by atoms with Gasteiger partial charge in [-0.2, -0.15) is 0 Å². The molecule has 0 aromatic heterocycles. The van der Waals surface area contributed by atoms with Crippen LogP contribution in [0.25, 0.3) is 10.8 Å². The molecule has 0 atom stereocenters. The second kappa shape index (κ2) is 8.92. The van der Waals surface area contributed by atoms with Crippen molar-refractivity contribution in [1.29, 1.82) is 0 Å². The summed E-state index contributed by atoms with van der Waals surface area (Å²) in [5, 5.41) is 4.73. The maximum absolute atomic E-state index is 12.5. The highest BCUT2D eigenvalue weighted by molar-refractivity contribution is 6.03. The highest BCUT2D eigenvalue weighted by atomic mass is 16.5. The van der Waals surface area contributed by atoms with E-state index in [-0.39, 0.29) is 5.56 Å². The van der Waals surface area contributed by atoms with Gasteiger partial charge in [0.25, 0.3) is 5.91 Å². The molecule has 1 N–H and O–H groups in total. The molecule has 0 saturated carbocycles. The standard InChI is InChI=1S/C25H19NO4/c27-24(26-22-15-8-10-18-9-4-5-13-20(18)22)17-29-25(28)21-14-6-7-16-23(21)30-19-11-2-1-3-12-19/h1-16H,17H2,(H,26,27). The Kier molecular flexibility index (Phi) is 5.71. The van der Waals surface area contributed by atoms with E-state index in [2.05, 4.69) is 5.32 Å². The number of fused-ring (bicyclic) bond motifs is 1. The topological polar surface area (TPSA) is 64.6 Å². The molecule has 0 radical (unpaired) electrons. The van der Waals surface area contributed by atoms with Crippen LogP contribution in [0.15, 0.2) is 97.1 Å². The zero-order chi connectivity index (χ0) is 20.8. The molecule has 5 heteroatoms. The van der Waals surface area contributed by atoms with Gasteiger partial charge in [-0.15, -0.1) is 0 Å². The van der Waals surface area contributed by atoms with Gasteiger partial charge in [0.1, 0.15) is 17.1 Å². The third-order valence-corrected chi connectivity index (χ3v) is 4.48. The first-order valence-electron chi connectivity index (χ1n) is 9.47. The molecule has 4 aromatic rings. The summed E-state index contributed by atoms with van der Waals surface area (Å²) >= 11 is 0. The number of carbonyl (C=O) groups excluding carboxylic acids is 2. The van der Waals surface area contributed by atoms with E-state index in [9.17, 15) is 9.59 Å². The van der Waals surface area contributed by atoms with Gasteiger partial charge < -0.3 is 14.8 Å². The van der Waals surface area contributed by atoms with Crippen LogP contribution >= 0.6 is 0 Å². The first-order valence-corrected chi connectivity index (χ1v) is 9.47. The fraction of sp³-hybridized carbons (Fsp3) is 0.0400. The summed E-state index contributed by atoms with van der Waals surface area (Å²) in [4.78, 5) is 24.9. The number of anilines is 1. The van der Waals surface area contributed by atoms with E-state index in [1.165, 1.54) is 0 Å². The minimum atomic E-state index is -0.630. The first-order chi connectivity index (χ1) is 14.7. The van der Waals surface area contributed by atoms with Gasteiger partial charge in [-0.25, -0.2) is 4.79 Å². The van der Waals surface area contributed by atoms with Crippen molar-refractivity contribution in [2.75, 3.05) is 11.9 Å². The lowest BCUT2D eigenvalue weighted by atomic mass is 10.1. The Morgan fingerprint density at radius 1 is 0.733 bits per heavy atom. The van der Waals surface area contributed by atoms with Crippen LogP contribution in [0.1, 0.15) is 10.4 Å². The number of hydrogen-bond acceptors (Lipinski definition) is 4. The number of rotatable bonds is 6. The van der Waals surface area contributed by atoms with Crippen LogP contribution in [0.3, 0.4) is 0 Å². The molecule has 0 bridgehead atoms. The van der Waals surface area contributed by atoms with Crippen LogP contribution in [0.4, 0.5) is 5.69 Å². The lowest BCUT2D eigenvalue weighted by molar-refractivity contribution is -0.119. The molecule has 0 aliphatic carbocycles. The van der Waals surface area contributed by atoms with E-state index in [4.69, 9.17) is 9.47 Å². The van der Waals surface area contributed by atoms with Gasteiger partial charge in [-0.05, 0) is 35.7 Å². The maximum Gasteiger partial charge on any atom is 0.342 e. The largest absolute Gasteiger partial charge is 0.456 e. The summed E-state index contributed by atoms with van der Waals surface area (Å²) in [5.41, 5.74) is 0.918. The van der Waals surface area contributed by atoms with E-state index in [1.54, 1.807) is 36.4 Å². The molecule has 30 heavy (non-hydrogen) atoms. The number of benzene rings is 4. The van der Waals surface area contributed by atoms with Crippen LogP contribution < -0.4 is 10.1 Å². The van der Waals surface area contributed by atoms with E-state index < -0.39 is 18.5 Å². The third kappa shape index (κ3) is 4.47. The van der Waals surface area contributed by atoms with Gasteiger partial charge in [-0.1, -0.05) is 66.7 Å². The highest BCUT2D eigenvalue weighted by Gasteiger charge is 2.16. The van der Waals surface area contributed by atoms with Crippen molar-refractivity contribution in [3.63, 3.8) is 0 Å². The Morgan fingerprint density at radius 2 is 1.43 bits per heavy atom. The zero-order valence-electron chi connectivity index (χ0n) is 16.1. The number of ether oxygens (including phenoxy) is 2. The van der Waals surface area contributed by atoms with E-state index in [1.807, 2.05) is 60.7 Å². The van der Waals surface area contributed by atoms with Gasteiger partial charge in [0, 0.05) is 11.1 Å². The van der Waals surface area contributed by atoms with Crippen molar-refractivity contribution in [3.05, 3.63) is 103 Å². The van der Waals surface area contributed by atoms with Gasteiger partial charge in [0.2, 0.25) is 0 Å². The van der Waals surface area contributed by atoms with E-state index in [0.29, 0.717) is 17.2 Å². The van der Waals surface area contributed by atoms with Crippen LogP contribution in [-0.4, -0.2) is 18.5 Å². The maximum atomic E-state index is 12.5. The molecule has 0 spiro atoms. The number of nitrogens with one attached hydrogen (secondary N) is 1. The van der Waals surface area contributed by atoms with Crippen molar-refractivity contribution in [1.82, 2.24) is 0 Å². The summed E-state index contributed by atoms with van der Waals surface area (Å²) in [6.45, 7) is -0.401. The van der Waals surface area contributed by atoms with Crippen molar-refractivity contribution >= 4 is 28.3 Å². The Labute approximate surface area is 173 Å². The summed E-state index contributed by atoms with van der Waals surface area (Å²) in [6.07, 6.45) is 0. The van der Waals surface area contributed by atoms with Gasteiger partial charge in [-0.3, -0.25) is 4.79 Å². The minimum absolute atomic E-state index is 0.249. The summed E-state index contributed by atoms with van der Waals surface area (Å²) in [7, 11) is 0. The molecule has 5 nitrogen and oxygen atoms in total. The molecule has 4 aromatic carbocycles. The molecular formula is C25H19NO4. The molecule has 0 heterocycles. The van der Waals surface area contributed by atoms with Crippen LogP contribution in [-0.2, 0) is 9.53 Å². The quantitative estimate of drug-likeness (QED) is 0.441. The molecule has 148 valence electrons. The fourth-order valence-corrected chi connectivity index (χ4v) is 3.07. The molecule has 0 aliphatic heterocycles. The van der Waals surface area contributed by atoms with Crippen molar-refractivity contribution < 1.29 is 19.1 Å². The van der Waals surface area contributed by atoms with Crippen LogP contribution in [0, 0.1) is 0 Å². The predicted octanol–water partition coefficient (Wildman–Crippen LogP) is 5.43. The smallest absolute Gasteiger partial charge is 0.342 e. The Balaban J connectivity index is 1.42. The lowest BCUT2D eigenvalue weighted by Crippen LogP contribution is -2.21. The summed E-state index contributed by atoms with van der Waals surface area (Å²) < 4.78 is 11.0. The normalized spacial score (nSPS) is 10.4. The average molecular weight is 397 g/mol. The number of amides is 1. The second-order valence-electron chi connectivity index (χ2n) is 6.56. The number of esters is 1. The van der Waals surface area contributed by atoms with Gasteiger partial charge in [0.05, 0.1) is 0 Å². The summed E-state index contributed by atoms with van der Waals surface area (Å²) in [6, 6.07) is 29.3. The molecule has 4 rings (SSSR count). The predicted molar refractivity (Wildman–Crippen MR) is 116 cm³/mol. The summed E-state index contributed by atoms with van der Waals surface area (Å²) in [5.74, 6) is -0.0784. The molecule has 0 saturated heterocycles. The van der Waals surface area contributed by atoms with E-state index in [0.717, 1.165) is 10.8 Å². The third-order valence-electron chi connectivity index (χ3n) is 4.48. The molecule has 0 unspecified atom stereocenters. The van der Waals surface area contributed by atoms with Crippen molar-refractivity contribution in [3.8, 4) is 11.5 Å². The van der Waals surface area contributed by atoms with Crippen molar-refractivity contribution in [2.45, 2.75) is 0 Å². The highest BCUT2D eigenvalue weighted by Crippen LogP contribution is 2.26. The van der Waals surface area contributed by atoms with Crippen molar-refractivity contribution in [2.24, 2.45) is 0 Å². The monoisotopic (exact) mass is 397 g/mol. The molecular weight excluding hydrogens is 378 g/mol. The SMILES string of the molecule is O=C(COC(=O)c1ccccc1Oc1ccccc1)Nc1cccc2ccccc12. The zero-order valence-corrected chi connectivity index (χ0v) is 16.1. The number of carbonyl (C=O) groups is 2. The number of hydrogen-bond donors (Lipinski definition) is 1. The first kappa shape index (κ1) is 19.2. The Hall–Kier alpha value is -4.12. The minimum Gasteiger partial charge on any atom is -0.456 e. The lowest BCUT2D eigenvalue weighted by Gasteiger charge is -2.12. The molecule has 1 amide bonds. The van der Waals surface area contributed by atoms with Gasteiger partial charge in [0.15, 0.2) is 6.61 Å². The fourth-order valence-electron chi connectivity index (χ4n) is 3.07. The van der Waals surface area contributed by atoms with E-state index >= 15 is 0 Å². The molecule has 0 fully saturated rings. The Morgan fingerprint density at radius 3 is 2.30 bits per heavy atom. The average Bonchev–Trinajstić information content (AvgIpc) is 2.79. The Bertz CT molecular complexity index is 1180. The van der Waals surface area contributed by atoms with Gasteiger partial charge >= 0.3 is 5.97 Å². The number of para-hydroxylation sites is 2.